The Morgan fingerprint density at radius 1 is 1.04 bits per heavy atom. The average Bonchev–Trinajstić information content (AvgIpc) is 3.12. The highest BCUT2D eigenvalue weighted by Crippen LogP contribution is 2.21. The van der Waals surface area contributed by atoms with E-state index in [9.17, 15) is 14.4 Å². The molecule has 0 fully saturated rings. The molecule has 0 aliphatic heterocycles. The molecule has 0 saturated heterocycles. The van der Waals surface area contributed by atoms with Gasteiger partial charge in [0.15, 0.2) is 11.3 Å². The average molecular weight is 376 g/mol. The van der Waals surface area contributed by atoms with E-state index < -0.39 is 11.2 Å². The molecule has 8 heteroatoms. The van der Waals surface area contributed by atoms with Gasteiger partial charge in [0.2, 0.25) is 0 Å². The molecule has 0 aliphatic rings. The molecule has 0 atom stereocenters. The predicted octanol–water partition coefficient (Wildman–Crippen LogP) is 2.10. The summed E-state index contributed by atoms with van der Waals surface area (Å²) in [5, 5.41) is 0. The fourth-order valence-electron chi connectivity index (χ4n) is 2.92. The predicted molar refractivity (Wildman–Crippen MR) is 103 cm³/mol. The summed E-state index contributed by atoms with van der Waals surface area (Å²) in [6, 6.07) is 16.1. The zero-order chi connectivity index (χ0) is 19.7. The maximum absolute atomic E-state index is 12.6. The van der Waals surface area contributed by atoms with Crippen LogP contribution in [0.3, 0.4) is 0 Å². The quantitative estimate of drug-likeness (QED) is 0.538. The number of aromatic nitrogens is 4. The summed E-state index contributed by atoms with van der Waals surface area (Å²) in [6.07, 6.45) is 1.38. The van der Waals surface area contributed by atoms with Crippen molar-refractivity contribution < 1.29 is 9.53 Å². The van der Waals surface area contributed by atoms with Crippen LogP contribution in [0, 0.1) is 0 Å². The van der Waals surface area contributed by atoms with Gasteiger partial charge in [-0.15, -0.1) is 0 Å². The summed E-state index contributed by atoms with van der Waals surface area (Å²) in [5.41, 5.74) is -0.245. The molecule has 4 aromatic rings. The highest BCUT2D eigenvalue weighted by Gasteiger charge is 2.14. The van der Waals surface area contributed by atoms with E-state index in [0.29, 0.717) is 22.7 Å². The molecule has 140 valence electrons. The summed E-state index contributed by atoms with van der Waals surface area (Å²) in [7, 11) is 1.51. The number of aryl methyl sites for hydroxylation is 1. The molecular formula is C20H16N4O4. The largest absolute Gasteiger partial charge is 0.457 e. The molecule has 1 N–H and O–H groups in total. The van der Waals surface area contributed by atoms with Crippen LogP contribution < -0.4 is 16.0 Å². The number of rotatable bonds is 5. The first-order valence-electron chi connectivity index (χ1n) is 8.53. The number of para-hydroxylation sites is 1. The number of imidazole rings is 1. The molecule has 2 aromatic heterocycles. The van der Waals surface area contributed by atoms with Crippen molar-refractivity contribution in [3.63, 3.8) is 0 Å². The van der Waals surface area contributed by atoms with Gasteiger partial charge in [0.1, 0.15) is 17.1 Å². The molecule has 0 radical (unpaired) electrons. The lowest BCUT2D eigenvalue weighted by Crippen LogP contribution is -2.29. The Morgan fingerprint density at radius 3 is 2.43 bits per heavy atom. The summed E-state index contributed by atoms with van der Waals surface area (Å²) in [4.78, 5) is 42.5. The topological polar surface area (TPSA) is 99.0 Å². The van der Waals surface area contributed by atoms with Crippen LogP contribution in [0.2, 0.25) is 0 Å². The van der Waals surface area contributed by atoms with Crippen LogP contribution >= 0.6 is 0 Å². The fourth-order valence-corrected chi connectivity index (χ4v) is 2.92. The smallest absolute Gasteiger partial charge is 0.329 e. The molecule has 0 saturated carbocycles. The Kier molecular flexibility index (Phi) is 4.36. The second kappa shape index (κ2) is 6.99. The van der Waals surface area contributed by atoms with Gasteiger partial charge in [-0.3, -0.25) is 19.1 Å². The van der Waals surface area contributed by atoms with Crippen LogP contribution in [0.5, 0.6) is 11.5 Å². The first-order chi connectivity index (χ1) is 13.5. The van der Waals surface area contributed by atoms with E-state index in [1.54, 1.807) is 24.3 Å². The lowest BCUT2D eigenvalue weighted by Gasteiger charge is -2.08. The Morgan fingerprint density at radius 2 is 1.71 bits per heavy atom. The fraction of sp³-hybridized carbons (Fsp3) is 0.100. The molecule has 0 amide bonds. The normalized spacial score (nSPS) is 10.9. The van der Waals surface area contributed by atoms with Crippen LogP contribution in [0.4, 0.5) is 0 Å². The van der Waals surface area contributed by atoms with E-state index in [1.807, 2.05) is 30.3 Å². The minimum Gasteiger partial charge on any atom is -0.457 e. The van der Waals surface area contributed by atoms with Gasteiger partial charge >= 0.3 is 5.69 Å². The number of nitrogens with zero attached hydrogens (tertiary/aromatic N) is 3. The van der Waals surface area contributed by atoms with Gasteiger partial charge in [0, 0.05) is 12.6 Å². The highest BCUT2D eigenvalue weighted by molar-refractivity contribution is 5.96. The van der Waals surface area contributed by atoms with E-state index in [0.717, 1.165) is 0 Å². The maximum Gasteiger partial charge on any atom is 0.329 e. The number of hydrogen-bond acceptors (Lipinski definition) is 5. The van der Waals surface area contributed by atoms with E-state index in [4.69, 9.17) is 4.74 Å². The minimum atomic E-state index is -0.577. The maximum atomic E-state index is 12.6. The van der Waals surface area contributed by atoms with Crippen molar-refractivity contribution in [3.8, 4) is 11.5 Å². The van der Waals surface area contributed by atoms with Crippen LogP contribution in [-0.4, -0.2) is 24.9 Å². The molecule has 0 spiro atoms. The molecule has 8 nitrogen and oxygen atoms in total. The summed E-state index contributed by atoms with van der Waals surface area (Å²) in [6.45, 7) is -0.0495. The SMILES string of the molecule is Cn1c(=O)[nH]c(=O)c2ncn(CC(=O)c3ccc(Oc4ccccc4)cc3)c21. The zero-order valence-electron chi connectivity index (χ0n) is 15.0. The Hall–Kier alpha value is -3.94. The number of fused-ring (bicyclic) bond motifs is 1. The number of Topliss-reactive ketones (excluding diaryl/α,β-unsaturated/α-hetero) is 1. The molecule has 2 aromatic carbocycles. The second-order valence-corrected chi connectivity index (χ2v) is 6.23. The lowest BCUT2D eigenvalue weighted by atomic mass is 10.1. The van der Waals surface area contributed by atoms with E-state index in [-0.39, 0.29) is 17.8 Å². The number of carbonyl (C=O) groups excluding carboxylic acids is 1. The van der Waals surface area contributed by atoms with E-state index in [2.05, 4.69) is 9.97 Å². The van der Waals surface area contributed by atoms with Gasteiger partial charge in [-0.2, -0.15) is 0 Å². The van der Waals surface area contributed by atoms with E-state index >= 15 is 0 Å². The number of ketones is 1. The van der Waals surface area contributed by atoms with Crippen LogP contribution in [0.1, 0.15) is 10.4 Å². The molecule has 2 heterocycles. The number of carbonyl (C=O) groups is 1. The van der Waals surface area contributed by atoms with Gasteiger partial charge in [-0.1, -0.05) is 18.2 Å². The molecule has 0 bridgehead atoms. The third-order valence-electron chi connectivity index (χ3n) is 4.34. The van der Waals surface area contributed by atoms with Crippen molar-refractivity contribution in [1.82, 2.24) is 19.1 Å². The van der Waals surface area contributed by atoms with Crippen LogP contribution in [0.25, 0.3) is 11.2 Å². The lowest BCUT2D eigenvalue weighted by molar-refractivity contribution is 0.0973. The molecule has 0 unspecified atom stereocenters. The Bertz CT molecular complexity index is 1270. The van der Waals surface area contributed by atoms with Gasteiger partial charge in [-0.05, 0) is 36.4 Å². The van der Waals surface area contributed by atoms with Gasteiger partial charge in [-0.25, -0.2) is 9.78 Å². The Balaban J connectivity index is 1.57. The molecule has 28 heavy (non-hydrogen) atoms. The summed E-state index contributed by atoms with van der Waals surface area (Å²) >= 11 is 0. The van der Waals surface area contributed by atoms with E-state index in [1.165, 1.54) is 22.5 Å². The number of H-pyrrole nitrogens is 1. The minimum absolute atomic E-state index is 0.0495. The van der Waals surface area contributed by atoms with Crippen molar-refractivity contribution in [2.45, 2.75) is 6.54 Å². The van der Waals surface area contributed by atoms with Crippen LogP contribution in [0.15, 0.2) is 70.5 Å². The first-order valence-corrected chi connectivity index (χ1v) is 8.53. The third-order valence-corrected chi connectivity index (χ3v) is 4.34. The highest BCUT2D eigenvalue weighted by atomic mass is 16.5. The van der Waals surface area contributed by atoms with Gasteiger partial charge in [0.25, 0.3) is 5.56 Å². The van der Waals surface area contributed by atoms with Crippen molar-refractivity contribution in [2.75, 3.05) is 0 Å². The number of nitrogens with one attached hydrogen (secondary N) is 1. The molecule has 0 aliphatic carbocycles. The third kappa shape index (κ3) is 3.23. The Labute approximate surface area is 158 Å². The van der Waals surface area contributed by atoms with Crippen LogP contribution in [-0.2, 0) is 13.6 Å². The zero-order valence-corrected chi connectivity index (χ0v) is 15.0. The van der Waals surface area contributed by atoms with Crippen molar-refractivity contribution in [3.05, 3.63) is 87.3 Å². The molecule has 4 rings (SSSR count). The van der Waals surface area contributed by atoms with Crippen molar-refractivity contribution in [1.29, 1.82) is 0 Å². The number of aromatic amines is 1. The molecular weight excluding hydrogens is 360 g/mol. The van der Waals surface area contributed by atoms with Gasteiger partial charge < -0.3 is 9.30 Å². The monoisotopic (exact) mass is 376 g/mol. The number of ether oxygens (including phenoxy) is 1. The summed E-state index contributed by atoms with van der Waals surface area (Å²) in [5.74, 6) is 1.14. The van der Waals surface area contributed by atoms with Crippen molar-refractivity contribution >= 4 is 16.9 Å². The standard InChI is InChI=1S/C20H16N4O4/c1-23-19-17(18(26)22-20(23)27)21-12-24(19)11-16(25)13-7-9-15(10-8-13)28-14-5-3-2-4-6-14/h2-10,12H,11H2,1H3,(H,22,26,27). The number of benzene rings is 2. The summed E-state index contributed by atoms with van der Waals surface area (Å²) < 4.78 is 8.46. The number of hydrogen-bond donors (Lipinski definition) is 1. The van der Waals surface area contributed by atoms with Crippen molar-refractivity contribution in [2.24, 2.45) is 7.05 Å². The second-order valence-electron chi connectivity index (χ2n) is 6.23. The first kappa shape index (κ1) is 17.5. The van der Waals surface area contributed by atoms with Gasteiger partial charge in [0.05, 0.1) is 12.9 Å².